The van der Waals surface area contributed by atoms with Crippen LogP contribution in [0, 0.1) is 12.3 Å². The first kappa shape index (κ1) is 13.5. The van der Waals surface area contributed by atoms with Crippen molar-refractivity contribution in [3.8, 4) is 12.3 Å². The van der Waals surface area contributed by atoms with Crippen molar-refractivity contribution in [3.05, 3.63) is 0 Å². The van der Waals surface area contributed by atoms with Crippen molar-refractivity contribution < 1.29 is 23.5 Å². The third-order valence-corrected chi connectivity index (χ3v) is 1.84. The number of hydrogen-bond acceptors (Lipinski definition) is 5. The third-order valence-electron chi connectivity index (χ3n) is 1.00. The Kier molecular flexibility index (Phi) is 5.48. The van der Waals surface area contributed by atoms with Crippen molar-refractivity contribution >= 4 is 20.4 Å². The molecule has 0 saturated heterocycles. The smallest absolute Gasteiger partial charge is 0.509 e. The summed E-state index contributed by atoms with van der Waals surface area (Å²) in [6.45, 7) is 4.92. The van der Waals surface area contributed by atoms with E-state index in [1.54, 1.807) is 0 Å². The van der Waals surface area contributed by atoms with Gasteiger partial charge in [-0.2, -0.15) is 0 Å². The van der Waals surface area contributed by atoms with Gasteiger partial charge >= 0.3 is 12.1 Å². The van der Waals surface area contributed by atoms with E-state index in [0.29, 0.717) is 0 Å². The van der Waals surface area contributed by atoms with Gasteiger partial charge in [-0.3, -0.25) is 0 Å². The molecule has 0 heterocycles. The Morgan fingerprint density at radius 2 is 1.87 bits per heavy atom. The molecule has 0 unspecified atom stereocenters. The zero-order valence-electron chi connectivity index (χ0n) is 9.03. The molecule has 0 saturated carbocycles. The van der Waals surface area contributed by atoms with E-state index in [0.717, 1.165) is 0 Å². The van der Waals surface area contributed by atoms with Crippen molar-refractivity contribution in [1.29, 1.82) is 0 Å². The van der Waals surface area contributed by atoms with Crippen LogP contribution in [0.1, 0.15) is 0 Å². The van der Waals surface area contributed by atoms with Crippen LogP contribution in [0.25, 0.3) is 0 Å². The Bertz CT molecular complexity index is 273. The van der Waals surface area contributed by atoms with Crippen LogP contribution < -0.4 is 0 Å². The predicted octanol–water partition coefficient (Wildman–Crippen LogP) is 1.15. The van der Waals surface area contributed by atoms with E-state index in [-0.39, 0.29) is 6.61 Å². The highest BCUT2D eigenvalue weighted by atomic mass is 28.4. The number of hydrogen-bond donors (Lipinski definition) is 0. The van der Waals surface area contributed by atoms with E-state index in [1.165, 1.54) is 0 Å². The van der Waals surface area contributed by atoms with E-state index < -0.39 is 27.0 Å². The summed E-state index contributed by atoms with van der Waals surface area (Å²) in [6, 6.07) is 0. The van der Waals surface area contributed by atoms with Gasteiger partial charge in [0, 0.05) is 0 Å². The highest BCUT2D eigenvalue weighted by Gasteiger charge is 2.20. The van der Waals surface area contributed by atoms with Crippen molar-refractivity contribution in [2.75, 3.05) is 13.2 Å². The first-order valence-electron chi connectivity index (χ1n) is 4.30. The van der Waals surface area contributed by atoms with Gasteiger partial charge in [-0.1, -0.05) is 5.92 Å². The molecule has 0 fully saturated rings. The minimum Gasteiger partial charge on any atom is -0.517 e. The van der Waals surface area contributed by atoms with E-state index in [9.17, 15) is 9.59 Å². The molecule has 0 aromatic heterocycles. The summed E-state index contributed by atoms with van der Waals surface area (Å²) in [4.78, 5) is 21.8. The van der Waals surface area contributed by atoms with E-state index in [1.807, 2.05) is 19.6 Å². The maximum atomic E-state index is 11.1. The molecule has 0 atom stereocenters. The van der Waals surface area contributed by atoms with Crippen LogP contribution in [0.5, 0.6) is 0 Å². The molecule has 0 aliphatic carbocycles. The lowest BCUT2D eigenvalue weighted by Crippen LogP contribution is -2.31. The molecule has 0 N–H and O–H groups in total. The highest BCUT2D eigenvalue weighted by Crippen LogP contribution is 2.02. The lowest BCUT2D eigenvalue weighted by molar-refractivity contribution is -0.139. The van der Waals surface area contributed by atoms with Crippen LogP contribution in [0.3, 0.4) is 0 Å². The van der Waals surface area contributed by atoms with Gasteiger partial charge in [-0.25, -0.2) is 9.59 Å². The Morgan fingerprint density at radius 1 is 1.27 bits per heavy atom. The van der Waals surface area contributed by atoms with Crippen LogP contribution in [0.2, 0.25) is 19.6 Å². The average Bonchev–Trinajstić information content (AvgIpc) is 2.08. The van der Waals surface area contributed by atoms with Crippen molar-refractivity contribution in [2.24, 2.45) is 0 Å². The zero-order valence-corrected chi connectivity index (χ0v) is 10.0. The molecule has 0 aromatic rings. The minimum absolute atomic E-state index is 0.179. The van der Waals surface area contributed by atoms with Gasteiger partial charge in [0.1, 0.15) is 0 Å². The van der Waals surface area contributed by atoms with Crippen molar-refractivity contribution in [1.82, 2.24) is 0 Å². The lowest BCUT2D eigenvalue weighted by atomic mass is 10.7. The molecule has 0 radical (unpaired) electrons. The topological polar surface area (TPSA) is 61.8 Å². The van der Waals surface area contributed by atoms with Crippen molar-refractivity contribution in [3.63, 3.8) is 0 Å². The van der Waals surface area contributed by atoms with E-state index >= 15 is 0 Å². The molecular formula is C9H14O5Si. The van der Waals surface area contributed by atoms with E-state index in [4.69, 9.17) is 10.8 Å². The number of rotatable bonds is 4. The van der Waals surface area contributed by atoms with Crippen LogP contribution in [-0.4, -0.2) is 33.7 Å². The normalized spacial score (nSPS) is 10.0. The fourth-order valence-electron chi connectivity index (χ4n) is 0.631. The molecule has 0 aliphatic rings. The fraction of sp³-hybridized carbons (Fsp3) is 0.556. The second-order valence-corrected chi connectivity index (χ2v) is 8.05. The van der Waals surface area contributed by atoms with E-state index in [2.05, 4.69) is 15.4 Å². The first-order chi connectivity index (χ1) is 6.85. The Labute approximate surface area is 89.8 Å². The maximum Gasteiger partial charge on any atom is 0.509 e. The van der Waals surface area contributed by atoms with Gasteiger partial charge in [0.25, 0.3) is 0 Å². The molecule has 0 rings (SSSR count). The van der Waals surface area contributed by atoms with Gasteiger partial charge in [0.05, 0.1) is 0 Å². The van der Waals surface area contributed by atoms with Crippen molar-refractivity contribution in [2.45, 2.75) is 19.6 Å². The van der Waals surface area contributed by atoms with Gasteiger partial charge in [0.2, 0.25) is 8.32 Å². The Hall–Kier alpha value is -1.48. The fourth-order valence-corrected chi connectivity index (χ4v) is 1.37. The summed E-state index contributed by atoms with van der Waals surface area (Å²) in [5, 5.41) is 0. The minimum atomic E-state index is -1.93. The number of terminal acetylenes is 1. The molecule has 0 bridgehead atoms. The molecule has 15 heavy (non-hydrogen) atoms. The Morgan fingerprint density at radius 3 is 2.33 bits per heavy atom. The van der Waals surface area contributed by atoms with Crippen LogP contribution in [0.15, 0.2) is 0 Å². The summed E-state index contributed by atoms with van der Waals surface area (Å²) in [5.74, 6) is 1.52. The maximum absolute atomic E-state index is 11.1. The largest absolute Gasteiger partial charge is 0.517 e. The first-order valence-corrected chi connectivity index (χ1v) is 7.71. The molecule has 0 amide bonds. The SMILES string of the molecule is C#CCOC(=O)OCC(=O)O[Si](C)(C)C. The molecular weight excluding hydrogens is 216 g/mol. The summed E-state index contributed by atoms with van der Waals surface area (Å²) >= 11 is 0. The highest BCUT2D eigenvalue weighted by molar-refractivity contribution is 6.71. The summed E-state index contributed by atoms with van der Waals surface area (Å²) < 4.78 is 13.8. The number of carbonyl (C=O) groups excluding carboxylic acids is 2. The van der Waals surface area contributed by atoms with Crippen LogP contribution in [-0.2, 0) is 18.7 Å². The monoisotopic (exact) mass is 230 g/mol. The second kappa shape index (κ2) is 6.09. The van der Waals surface area contributed by atoms with Gasteiger partial charge < -0.3 is 13.9 Å². The zero-order chi connectivity index (χ0) is 11.9. The second-order valence-electron chi connectivity index (χ2n) is 3.62. The van der Waals surface area contributed by atoms with Gasteiger partial charge in [0.15, 0.2) is 13.2 Å². The summed E-state index contributed by atoms with van der Waals surface area (Å²) in [5.41, 5.74) is 0. The summed E-state index contributed by atoms with van der Waals surface area (Å²) in [6.07, 6.45) is 3.88. The lowest BCUT2D eigenvalue weighted by Gasteiger charge is -2.16. The predicted molar refractivity (Wildman–Crippen MR) is 55.6 cm³/mol. The third kappa shape index (κ3) is 8.84. The van der Waals surface area contributed by atoms with Gasteiger partial charge in [-0.15, -0.1) is 6.42 Å². The summed E-state index contributed by atoms with van der Waals surface area (Å²) in [7, 11) is -1.93. The number of carbonyl (C=O) groups is 2. The average molecular weight is 230 g/mol. The standard InChI is InChI=1S/C9H14O5Si/c1-5-6-12-9(11)13-7-8(10)14-15(2,3)4/h1H,6-7H2,2-4H3. The molecule has 0 aliphatic heterocycles. The quantitative estimate of drug-likeness (QED) is 0.412. The molecule has 84 valence electrons. The van der Waals surface area contributed by atoms with Crippen LogP contribution >= 0.6 is 0 Å². The Balaban J connectivity index is 3.73. The van der Waals surface area contributed by atoms with Crippen LogP contribution in [0.4, 0.5) is 4.79 Å². The number of ether oxygens (including phenoxy) is 2. The molecule has 0 aromatic carbocycles. The molecule has 6 heteroatoms. The molecule has 5 nitrogen and oxygen atoms in total. The molecule has 0 spiro atoms. The van der Waals surface area contributed by atoms with Gasteiger partial charge in [-0.05, 0) is 19.6 Å².